The van der Waals surface area contributed by atoms with Crippen LogP contribution in [0.2, 0.25) is 0 Å². The summed E-state index contributed by atoms with van der Waals surface area (Å²) in [6.45, 7) is 1.91. The summed E-state index contributed by atoms with van der Waals surface area (Å²) in [6.07, 6.45) is 0. The van der Waals surface area contributed by atoms with Crippen molar-refractivity contribution < 1.29 is 9.53 Å². The second-order valence-corrected chi connectivity index (χ2v) is 5.74. The first-order valence-electron chi connectivity index (χ1n) is 7.86. The molecule has 6 nitrogen and oxygen atoms in total. The van der Waals surface area contributed by atoms with E-state index in [1.807, 2.05) is 43.3 Å². The Morgan fingerprint density at radius 1 is 1.08 bits per heavy atom. The predicted octanol–water partition coefficient (Wildman–Crippen LogP) is 4.24. The molecule has 0 saturated carbocycles. The van der Waals surface area contributed by atoms with E-state index in [9.17, 15) is 4.79 Å². The molecule has 2 heterocycles. The molecule has 0 spiro atoms. The van der Waals surface area contributed by atoms with Crippen molar-refractivity contribution >= 4 is 22.5 Å². The summed E-state index contributed by atoms with van der Waals surface area (Å²) in [6, 6.07) is 18.6. The zero-order valence-electron chi connectivity index (χ0n) is 13.5. The number of nitrogens with zero attached hydrogens (tertiary/aromatic N) is 1. The molecule has 0 saturated heterocycles. The molecule has 6 heteroatoms. The third-order valence-electron chi connectivity index (χ3n) is 3.79. The molecule has 2 aromatic heterocycles. The number of aromatic nitrogens is 3. The number of aryl methyl sites for hydroxylation is 1. The fraction of sp³-hybridized carbons (Fsp3) is 0.0526. The molecule has 0 radical (unpaired) electrons. The van der Waals surface area contributed by atoms with Gasteiger partial charge in [0.15, 0.2) is 0 Å². The van der Waals surface area contributed by atoms with Crippen LogP contribution in [-0.2, 0) is 0 Å². The summed E-state index contributed by atoms with van der Waals surface area (Å²) in [5.74, 6) is 0.968. The molecule has 0 aliphatic heterocycles. The number of ether oxygens (including phenoxy) is 1. The minimum atomic E-state index is -0.187. The van der Waals surface area contributed by atoms with E-state index < -0.39 is 0 Å². The molecule has 0 unspecified atom stereocenters. The first-order valence-corrected chi connectivity index (χ1v) is 7.86. The third-order valence-corrected chi connectivity index (χ3v) is 3.79. The summed E-state index contributed by atoms with van der Waals surface area (Å²) in [5, 5.41) is 10.7. The molecule has 0 aliphatic carbocycles. The van der Waals surface area contributed by atoms with Crippen molar-refractivity contribution in [2.24, 2.45) is 0 Å². The zero-order valence-corrected chi connectivity index (χ0v) is 13.5. The maximum Gasteiger partial charge on any atom is 0.272 e. The van der Waals surface area contributed by atoms with Crippen LogP contribution >= 0.6 is 0 Å². The minimum absolute atomic E-state index is 0.187. The molecular formula is C19H16N4O2. The number of hydrogen-bond acceptors (Lipinski definition) is 3. The van der Waals surface area contributed by atoms with Crippen LogP contribution in [-0.4, -0.2) is 21.1 Å². The van der Waals surface area contributed by atoms with Gasteiger partial charge in [-0.1, -0.05) is 18.2 Å². The van der Waals surface area contributed by atoms with E-state index in [4.69, 9.17) is 4.74 Å². The van der Waals surface area contributed by atoms with E-state index in [2.05, 4.69) is 20.5 Å². The van der Waals surface area contributed by atoms with E-state index in [1.54, 1.807) is 24.3 Å². The second-order valence-electron chi connectivity index (χ2n) is 5.74. The van der Waals surface area contributed by atoms with Crippen molar-refractivity contribution in [3.8, 4) is 11.6 Å². The normalized spacial score (nSPS) is 10.8. The van der Waals surface area contributed by atoms with Crippen molar-refractivity contribution in [2.75, 3.05) is 5.32 Å². The van der Waals surface area contributed by atoms with Crippen LogP contribution in [0.15, 0.2) is 60.7 Å². The molecule has 3 N–H and O–H groups in total. The van der Waals surface area contributed by atoms with Gasteiger partial charge in [0, 0.05) is 28.4 Å². The van der Waals surface area contributed by atoms with Crippen LogP contribution in [0.1, 0.15) is 16.2 Å². The molecule has 0 atom stereocenters. The highest BCUT2D eigenvalue weighted by molar-refractivity contribution is 6.05. The Morgan fingerprint density at radius 3 is 2.60 bits per heavy atom. The van der Waals surface area contributed by atoms with Crippen LogP contribution in [0.4, 0.5) is 5.69 Å². The molecule has 4 rings (SSSR count). The van der Waals surface area contributed by atoms with Gasteiger partial charge in [-0.2, -0.15) is 0 Å². The van der Waals surface area contributed by atoms with Gasteiger partial charge in [0.05, 0.1) is 0 Å². The Kier molecular flexibility index (Phi) is 3.70. The van der Waals surface area contributed by atoms with Gasteiger partial charge in [-0.25, -0.2) is 0 Å². The van der Waals surface area contributed by atoms with E-state index in [-0.39, 0.29) is 5.91 Å². The van der Waals surface area contributed by atoms with Gasteiger partial charge in [-0.3, -0.25) is 9.89 Å². The SMILES string of the molecule is Cc1cc(Oc2ccc(NC(=O)c3cc4ccccc4[nH]3)cc2)n[nH]1. The Morgan fingerprint density at radius 2 is 1.88 bits per heavy atom. The van der Waals surface area contributed by atoms with Gasteiger partial charge in [0.1, 0.15) is 11.4 Å². The van der Waals surface area contributed by atoms with Crippen LogP contribution in [0, 0.1) is 6.92 Å². The first kappa shape index (κ1) is 15.0. The number of carbonyl (C=O) groups excluding carboxylic acids is 1. The third kappa shape index (κ3) is 3.23. The van der Waals surface area contributed by atoms with E-state index >= 15 is 0 Å². The summed E-state index contributed by atoms with van der Waals surface area (Å²) < 4.78 is 5.62. The standard InChI is InChI=1S/C19H16N4O2/c1-12-10-18(23-22-12)25-15-8-6-14(7-9-15)20-19(24)17-11-13-4-2-3-5-16(13)21-17/h2-11,21H,1H3,(H,20,24)(H,22,23). The van der Waals surface area contributed by atoms with Gasteiger partial charge in [-0.15, -0.1) is 5.10 Å². The number of para-hydroxylation sites is 1. The first-order chi connectivity index (χ1) is 12.2. The number of carbonyl (C=O) groups is 1. The lowest BCUT2D eigenvalue weighted by molar-refractivity contribution is 0.102. The highest BCUT2D eigenvalue weighted by Crippen LogP contribution is 2.22. The topological polar surface area (TPSA) is 82.8 Å². The number of nitrogens with one attached hydrogen (secondary N) is 3. The molecule has 124 valence electrons. The van der Waals surface area contributed by atoms with Crippen molar-refractivity contribution in [1.29, 1.82) is 0 Å². The monoisotopic (exact) mass is 332 g/mol. The van der Waals surface area contributed by atoms with Crippen molar-refractivity contribution in [2.45, 2.75) is 6.92 Å². The highest BCUT2D eigenvalue weighted by Gasteiger charge is 2.10. The summed E-state index contributed by atoms with van der Waals surface area (Å²) in [4.78, 5) is 15.5. The number of amides is 1. The summed E-state index contributed by atoms with van der Waals surface area (Å²) >= 11 is 0. The average Bonchev–Trinajstić information content (AvgIpc) is 3.22. The number of hydrogen-bond donors (Lipinski definition) is 3. The van der Waals surface area contributed by atoms with Crippen molar-refractivity contribution in [1.82, 2.24) is 15.2 Å². The Bertz CT molecular complexity index is 998. The number of rotatable bonds is 4. The fourth-order valence-corrected chi connectivity index (χ4v) is 2.57. The minimum Gasteiger partial charge on any atom is -0.438 e. The molecule has 0 aliphatic rings. The maximum absolute atomic E-state index is 12.4. The van der Waals surface area contributed by atoms with E-state index in [1.165, 1.54) is 0 Å². The van der Waals surface area contributed by atoms with Crippen LogP contribution in [0.25, 0.3) is 10.9 Å². The van der Waals surface area contributed by atoms with E-state index in [0.29, 0.717) is 23.0 Å². The molecule has 2 aromatic carbocycles. The number of fused-ring (bicyclic) bond motifs is 1. The summed E-state index contributed by atoms with van der Waals surface area (Å²) in [7, 11) is 0. The van der Waals surface area contributed by atoms with Gasteiger partial charge in [0.2, 0.25) is 5.88 Å². The Hall–Kier alpha value is -3.54. The predicted molar refractivity (Wildman–Crippen MR) is 96.1 cm³/mol. The van der Waals surface area contributed by atoms with Gasteiger partial charge >= 0.3 is 0 Å². The Balaban J connectivity index is 1.46. The molecule has 0 bridgehead atoms. The quantitative estimate of drug-likeness (QED) is 0.522. The molecule has 4 aromatic rings. The summed E-state index contributed by atoms with van der Waals surface area (Å²) in [5.41, 5.74) is 3.07. The second kappa shape index (κ2) is 6.16. The molecular weight excluding hydrogens is 316 g/mol. The largest absolute Gasteiger partial charge is 0.438 e. The Labute approximate surface area is 143 Å². The number of aromatic amines is 2. The number of anilines is 1. The molecule has 25 heavy (non-hydrogen) atoms. The number of benzene rings is 2. The smallest absolute Gasteiger partial charge is 0.272 e. The lowest BCUT2D eigenvalue weighted by Gasteiger charge is -2.06. The average molecular weight is 332 g/mol. The van der Waals surface area contributed by atoms with Gasteiger partial charge < -0.3 is 15.0 Å². The maximum atomic E-state index is 12.4. The van der Waals surface area contributed by atoms with Crippen molar-refractivity contribution in [3.05, 3.63) is 72.1 Å². The van der Waals surface area contributed by atoms with E-state index in [0.717, 1.165) is 16.6 Å². The van der Waals surface area contributed by atoms with Gasteiger partial charge in [-0.05, 0) is 43.3 Å². The number of H-pyrrole nitrogens is 2. The van der Waals surface area contributed by atoms with Gasteiger partial charge in [0.25, 0.3) is 5.91 Å². The van der Waals surface area contributed by atoms with Crippen LogP contribution in [0.3, 0.4) is 0 Å². The molecule has 1 amide bonds. The van der Waals surface area contributed by atoms with Crippen LogP contribution < -0.4 is 10.1 Å². The van der Waals surface area contributed by atoms with Crippen LogP contribution in [0.5, 0.6) is 11.6 Å². The molecule has 0 fully saturated rings. The lowest BCUT2D eigenvalue weighted by Crippen LogP contribution is -2.12. The lowest BCUT2D eigenvalue weighted by atomic mass is 10.2. The fourth-order valence-electron chi connectivity index (χ4n) is 2.57. The van der Waals surface area contributed by atoms with Crippen molar-refractivity contribution in [3.63, 3.8) is 0 Å². The zero-order chi connectivity index (χ0) is 17.2. The highest BCUT2D eigenvalue weighted by atomic mass is 16.5.